The average molecular weight is 328 g/mol. The van der Waals surface area contributed by atoms with Crippen LogP contribution in [-0.4, -0.2) is 16.7 Å². The van der Waals surface area contributed by atoms with Crippen molar-refractivity contribution < 1.29 is 0 Å². The van der Waals surface area contributed by atoms with Crippen LogP contribution in [0.15, 0.2) is 27.4 Å². The molecule has 0 aliphatic carbocycles. The monoisotopic (exact) mass is 327 g/mol. The van der Waals surface area contributed by atoms with E-state index in [4.69, 9.17) is 11.6 Å². The second kappa shape index (κ2) is 7.41. The van der Waals surface area contributed by atoms with Gasteiger partial charge in [-0.15, -0.1) is 10.2 Å². The highest BCUT2D eigenvalue weighted by atomic mass is 35.5. The Balaban J connectivity index is 1.98. The Morgan fingerprint density at radius 3 is 2.75 bits per heavy atom. The molecule has 3 nitrogen and oxygen atoms in total. The molecule has 0 atom stereocenters. The molecule has 2 aromatic rings. The first-order chi connectivity index (χ1) is 9.54. The van der Waals surface area contributed by atoms with Gasteiger partial charge >= 0.3 is 0 Å². The van der Waals surface area contributed by atoms with Crippen molar-refractivity contribution in [1.82, 2.24) is 15.5 Å². The van der Waals surface area contributed by atoms with Gasteiger partial charge in [0.05, 0.1) is 5.02 Å². The zero-order chi connectivity index (χ0) is 14.5. The third kappa shape index (κ3) is 4.74. The summed E-state index contributed by atoms with van der Waals surface area (Å²) < 4.78 is 0.926. The van der Waals surface area contributed by atoms with Crippen molar-refractivity contribution in [3.63, 3.8) is 0 Å². The summed E-state index contributed by atoms with van der Waals surface area (Å²) in [5.41, 5.74) is 1.20. The molecule has 2 rings (SSSR count). The van der Waals surface area contributed by atoms with E-state index in [0.29, 0.717) is 5.92 Å². The molecule has 0 saturated carbocycles. The lowest BCUT2D eigenvalue weighted by Gasteiger charge is -2.09. The highest BCUT2D eigenvalue weighted by molar-refractivity contribution is 8.01. The predicted molar refractivity (Wildman–Crippen MR) is 86.8 cm³/mol. The molecule has 6 heteroatoms. The van der Waals surface area contributed by atoms with E-state index in [1.54, 1.807) is 23.1 Å². The minimum Gasteiger partial charge on any atom is -0.312 e. The number of nitrogens with zero attached hydrogens (tertiary/aromatic N) is 2. The molecule has 1 N–H and O–H groups in total. The molecular weight excluding hydrogens is 310 g/mol. The number of benzene rings is 1. The van der Waals surface area contributed by atoms with E-state index in [2.05, 4.69) is 41.5 Å². The summed E-state index contributed by atoms with van der Waals surface area (Å²) in [6.07, 6.45) is 0. The van der Waals surface area contributed by atoms with Crippen molar-refractivity contribution in [1.29, 1.82) is 0 Å². The van der Waals surface area contributed by atoms with Crippen molar-refractivity contribution in [2.75, 3.05) is 6.54 Å². The van der Waals surface area contributed by atoms with Gasteiger partial charge in [0.2, 0.25) is 0 Å². The molecule has 0 unspecified atom stereocenters. The minimum atomic E-state index is 0.654. The number of aromatic nitrogens is 2. The average Bonchev–Trinajstić information content (AvgIpc) is 2.78. The second-order valence-electron chi connectivity index (χ2n) is 4.98. The summed E-state index contributed by atoms with van der Waals surface area (Å²) in [7, 11) is 0. The Morgan fingerprint density at radius 1 is 1.35 bits per heavy atom. The smallest absolute Gasteiger partial charge is 0.179 e. The number of rotatable bonds is 6. The molecule has 1 aromatic carbocycles. The summed E-state index contributed by atoms with van der Waals surface area (Å²) in [5, 5.41) is 13.3. The van der Waals surface area contributed by atoms with Crippen LogP contribution in [0.3, 0.4) is 0 Å². The van der Waals surface area contributed by atoms with Crippen LogP contribution in [0, 0.1) is 12.8 Å². The number of hydrogen-bond donors (Lipinski definition) is 1. The highest BCUT2D eigenvalue weighted by Crippen LogP contribution is 2.35. The molecule has 0 aliphatic heterocycles. The van der Waals surface area contributed by atoms with Gasteiger partial charge in [0.25, 0.3) is 0 Å². The fourth-order valence-corrected chi connectivity index (χ4v) is 3.75. The lowest BCUT2D eigenvalue weighted by molar-refractivity contribution is 0.552. The number of halogens is 1. The first-order valence-corrected chi connectivity index (χ1v) is 8.53. The summed E-state index contributed by atoms with van der Waals surface area (Å²) in [6.45, 7) is 8.21. The van der Waals surface area contributed by atoms with Crippen LogP contribution >= 0.6 is 34.7 Å². The van der Waals surface area contributed by atoms with Gasteiger partial charge in [-0.1, -0.05) is 54.6 Å². The molecule has 0 radical (unpaired) electrons. The third-order valence-electron chi connectivity index (χ3n) is 2.58. The summed E-state index contributed by atoms with van der Waals surface area (Å²) >= 11 is 9.48. The van der Waals surface area contributed by atoms with Crippen LogP contribution in [0.25, 0.3) is 0 Å². The van der Waals surface area contributed by atoms with Crippen molar-refractivity contribution in [3.8, 4) is 0 Å². The number of aryl methyl sites for hydroxylation is 1. The zero-order valence-electron chi connectivity index (χ0n) is 11.8. The Hall–Kier alpha value is -0.620. The van der Waals surface area contributed by atoms with Crippen molar-refractivity contribution >= 4 is 34.7 Å². The minimum absolute atomic E-state index is 0.654. The Morgan fingerprint density at radius 2 is 2.15 bits per heavy atom. The largest absolute Gasteiger partial charge is 0.312 e. The fourth-order valence-electron chi connectivity index (χ4n) is 1.66. The SMILES string of the molecule is Cc1nnc(Sc2ccc(CNCC(C)C)cc2Cl)s1. The van der Waals surface area contributed by atoms with Gasteiger partial charge in [-0.05, 0) is 37.1 Å². The first-order valence-electron chi connectivity index (χ1n) is 6.51. The quantitative estimate of drug-likeness (QED) is 0.853. The van der Waals surface area contributed by atoms with E-state index in [-0.39, 0.29) is 0 Å². The molecule has 1 aromatic heterocycles. The van der Waals surface area contributed by atoms with Gasteiger partial charge in [0, 0.05) is 11.4 Å². The zero-order valence-corrected chi connectivity index (χ0v) is 14.2. The van der Waals surface area contributed by atoms with E-state index >= 15 is 0 Å². The molecule has 0 fully saturated rings. The molecule has 0 amide bonds. The standard InChI is InChI=1S/C14H18ClN3S2/c1-9(2)7-16-8-11-4-5-13(12(15)6-11)20-14-18-17-10(3)19-14/h4-6,9,16H,7-8H2,1-3H3. The summed E-state index contributed by atoms with van der Waals surface area (Å²) in [6, 6.07) is 6.18. The molecule has 0 aliphatic rings. The normalized spacial score (nSPS) is 11.2. The van der Waals surface area contributed by atoms with E-state index in [1.807, 2.05) is 13.0 Å². The van der Waals surface area contributed by atoms with Gasteiger partial charge in [-0.3, -0.25) is 0 Å². The van der Waals surface area contributed by atoms with Crippen LogP contribution < -0.4 is 5.32 Å². The van der Waals surface area contributed by atoms with E-state index in [1.165, 1.54) is 5.56 Å². The van der Waals surface area contributed by atoms with Crippen LogP contribution in [0.2, 0.25) is 5.02 Å². The highest BCUT2D eigenvalue weighted by Gasteiger charge is 2.08. The van der Waals surface area contributed by atoms with Crippen LogP contribution in [0.1, 0.15) is 24.4 Å². The molecular formula is C14H18ClN3S2. The number of hydrogen-bond acceptors (Lipinski definition) is 5. The Bertz CT molecular complexity index is 569. The van der Waals surface area contributed by atoms with Crippen LogP contribution in [0.5, 0.6) is 0 Å². The summed E-state index contributed by atoms with van der Waals surface area (Å²) in [4.78, 5) is 1.02. The van der Waals surface area contributed by atoms with Gasteiger partial charge in [0.1, 0.15) is 5.01 Å². The lowest BCUT2D eigenvalue weighted by atomic mass is 10.2. The molecule has 0 spiro atoms. The van der Waals surface area contributed by atoms with Crippen LogP contribution in [-0.2, 0) is 6.54 Å². The van der Waals surface area contributed by atoms with Crippen molar-refractivity contribution in [3.05, 3.63) is 33.8 Å². The van der Waals surface area contributed by atoms with E-state index in [9.17, 15) is 0 Å². The van der Waals surface area contributed by atoms with E-state index < -0.39 is 0 Å². The maximum absolute atomic E-state index is 6.34. The Labute approximate surface area is 133 Å². The maximum atomic E-state index is 6.34. The summed E-state index contributed by atoms with van der Waals surface area (Å²) in [5.74, 6) is 0.654. The third-order valence-corrected chi connectivity index (χ3v) is 4.97. The second-order valence-corrected chi connectivity index (χ2v) is 7.86. The molecule has 20 heavy (non-hydrogen) atoms. The van der Waals surface area contributed by atoms with Gasteiger partial charge in [-0.2, -0.15) is 0 Å². The van der Waals surface area contributed by atoms with Gasteiger partial charge in [-0.25, -0.2) is 0 Å². The lowest BCUT2D eigenvalue weighted by Crippen LogP contribution is -2.18. The predicted octanol–water partition coefficient (Wildman–Crippen LogP) is 4.40. The van der Waals surface area contributed by atoms with Gasteiger partial charge in [0.15, 0.2) is 4.34 Å². The topological polar surface area (TPSA) is 37.8 Å². The molecule has 108 valence electrons. The van der Waals surface area contributed by atoms with Crippen LogP contribution in [0.4, 0.5) is 0 Å². The van der Waals surface area contributed by atoms with Crippen molar-refractivity contribution in [2.24, 2.45) is 5.92 Å². The van der Waals surface area contributed by atoms with Crippen molar-refractivity contribution in [2.45, 2.75) is 36.6 Å². The molecule has 0 saturated heterocycles. The molecule has 1 heterocycles. The van der Waals surface area contributed by atoms with E-state index in [0.717, 1.165) is 32.4 Å². The molecule has 0 bridgehead atoms. The van der Waals surface area contributed by atoms with Gasteiger partial charge < -0.3 is 5.32 Å². The first kappa shape index (κ1) is 15.8. The fraction of sp³-hybridized carbons (Fsp3) is 0.429. The maximum Gasteiger partial charge on any atom is 0.179 e. The Kier molecular flexibility index (Phi) is 5.84. The number of nitrogens with one attached hydrogen (secondary N) is 1.